The number of carbonyl (C=O) groups excluding carboxylic acids is 3. The minimum atomic E-state index is -0.599. The van der Waals surface area contributed by atoms with Crippen molar-refractivity contribution in [1.29, 1.82) is 0 Å². The number of primary amides is 1. The van der Waals surface area contributed by atoms with Crippen molar-refractivity contribution in [1.82, 2.24) is 10.6 Å². The number of hydrogen-bond acceptors (Lipinski definition) is 4. The van der Waals surface area contributed by atoms with Crippen LogP contribution in [0.2, 0.25) is 0 Å². The SMILES string of the molecule is CCC(CC)(CN)C(=O)NCc1ccc(C(=O)NCC(N)=O)cc1. The summed E-state index contributed by atoms with van der Waals surface area (Å²) in [5.41, 5.74) is 11.5. The van der Waals surface area contributed by atoms with Gasteiger partial charge in [-0.1, -0.05) is 26.0 Å². The van der Waals surface area contributed by atoms with E-state index in [2.05, 4.69) is 10.6 Å². The van der Waals surface area contributed by atoms with Crippen LogP contribution in [0.4, 0.5) is 0 Å². The van der Waals surface area contributed by atoms with Gasteiger partial charge in [0.15, 0.2) is 0 Å². The highest BCUT2D eigenvalue weighted by molar-refractivity contribution is 5.96. The van der Waals surface area contributed by atoms with Gasteiger partial charge >= 0.3 is 0 Å². The van der Waals surface area contributed by atoms with Gasteiger partial charge in [0.25, 0.3) is 5.91 Å². The third-order valence-corrected chi connectivity index (χ3v) is 4.32. The molecule has 0 fully saturated rings. The van der Waals surface area contributed by atoms with E-state index in [1.165, 1.54) is 0 Å². The van der Waals surface area contributed by atoms with E-state index in [4.69, 9.17) is 11.5 Å². The zero-order valence-electron chi connectivity index (χ0n) is 14.2. The molecule has 1 aromatic carbocycles. The number of nitrogens with one attached hydrogen (secondary N) is 2. The zero-order chi connectivity index (χ0) is 18.2. The zero-order valence-corrected chi connectivity index (χ0v) is 14.2. The molecule has 0 spiro atoms. The molecule has 0 aliphatic carbocycles. The third kappa shape index (κ3) is 5.06. The van der Waals surface area contributed by atoms with Crippen molar-refractivity contribution in [3.8, 4) is 0 Å². The van der Waals surface area contributed by atoms with Gasteiger partial charge in [0.2, 0.25) is 11.8 Å². The predicted molar refractivity (Wildman–Crippen MR) is 91.9 cm³/mol. The van der Waals surface area contributed by atoms with Crippen molar-refractivity contribution >= 4 is 17.7 Å². The second kappa shape index (κ2) is 9.02. The van der Waals surface area contributed by atoms with E-state index in [1.54, 1.807) is 24.3 Å². The lowest BCUT2D eigenvalue weighted by atomic mass is 9.81. The Morgan fingerprint density at radius 3 is 2.08 bits per heavy atom. The maximum atomic E-state index is 12.4. The minimum absolute atomic E-state index is 0.0572. The molecule has 0 atom stereocenters. The smallest absolute Gasteiger partial charge is 0.251 e. The maximum Gasteiger partial charge on any atom is 0.251 e. The van der Waals surface area contributed by atoms with Crippen LogP contribution in [-0.4, -0.2) is 30.8 Å². The predicted octanol–water partition coefficient (Wildman–Crippen LogP) is 0.283. The fourth-order valence-corrected chi connectivity index (χ4v) is 2.37. The van der Waals surface area contributed by atoms with Crippen LogP contribution in [0.25, 0.3) is 0 Å². The van der Waals surface area contributed by atoms with Crippen LogP contribution >= 0.6 is 0 Å². The van der Waals surface area contributed by atoms with Gasteiger partial charge in [0, 0.05) is 18.7 Å². The molecule has 1 aromatic rings. The molecule has 7 heteroatoms. The van der Waals surface area contributed by atoms with E-state index in [0.717, 1.165) is 5.56 Å². The monoisotopic (exact) mass is 334 g/mol. The van der Waals surface area contributed by atoms with E-state index >= 15 is 0 Å². The molecule has 0 aliphatic heterocycles. The first-order valence-electron chi connectivity index (χ1n) is 8.02. The highest BCUT2D eigenvalue weighted by Crippen LogP contribution is 2.25. The van der Waals surface area contributed by atoms with Gasteiger partial charge in [0.1, 0.15) is 0 Å². The Bertz CT molecular complexity index is 572. The number of rotatable bonds is 9. The summed E-state index contributed by atoms with van der Waals surface area (Å²) >= 11 is 0. The first-order chi connectivity index (χ1) is 11.4. The first kappa shape index (κ1) is 19.6. The molecule has 132 valence electrons. The molecule has 0 aliphatic rings. The van der Waals surface area contributed by atoms with Crippen LogP contribution in [0.5, 0.6) is 0 Å². The van der Waals surface area contributed by atoms with Crippen LogP contribution in [0.3, 0.4) is 0 Å². The van der Waals surface area contributed by atoms with E-state index in [1.807, 2.05) is 13.8 Å². The van der Waals surface area contributed by atoms with Crippen LogP contribution in [-0.2, 0) is 16.1 Å². The van der Waals surface area contributed by atoms with Crippen LogP contribution in [0.1, 0.15) is 42.6 Å². The first-order valence-corrected chi connectivity index (χ1v) is 8.02. The summed E-state index contributed by atoms with van der Waals surface area (Å²) in [7, 11) is 0. The molecule has 24 heavy (non-hydrogen) atoms. The van der Waals surface area contributed by atoms with Crippen LogP contribution in [0, 0.1) is 5.41 Å². The normalized spacial score (nSPS) is 11.0. The van der Waals surface area contributed by atoms with Gasteiger partial charge < -0.3 is 22.1 Å². The quantitative estimate of drug-likeness (QED) is 0.517. The van der Waals surface area contributed by atoms with Crippen molar-refractivity contribution in [3.63, 3.8) is 0 Å². The molecular formula is C17H26N4O3. The lowest BCUT2D eigenvalue weighted by Crippen LogP contribution is -2.45. The molecule has 0 bridgehead atoms. The summed E-state index contributed by atoms with van der Waals surface area (Å²) in [4.78, 5) is 34.8. The lowest BCUT2D eigenvalue weighted by Gasteiger charge is -2.28. The number of nitrogens with two attached hydrogens (primary N) is 2. The Hall–Kier alpha value is -2.41. The van der Waals surface area contributed by atoms with E-state index in [-0.39, 0.29) is 18.4 Å². The molecule has 0 radical (unpaired) electrons. The molecule has 0 unspecified atom stereocenters. The summed E-state index contributed by atoms with van der Waals surface area (Å²) in [5.74, 6) is -1.03. The molecule has 1 rings (SSSR count). The van der Waals surface area contributed by atoms with E-state index in [0.29, 0.717) is 31.5 Å². The summed E-state index contributed by atoms with van der Waals surface area (Å²) in [6.45, 7) is 4.38. The number of carbonyl (C=O) groups is 3. The molecule has 6 N–H and O–H groups in total. The Kier molecular flexibility index (Phi) is 7.38. The Morgan fingerprint density at radius 1 is 1.04 bits per heavy atom. The van der Waals surface area contributed by atoms with Crippen LogP contribution < -0.4 is 22.1 Å². The third-order valence-electron chi connectivity index (χ3n) is 4.32. The average Bonchev–Trinajstić information content (AvgIpc) is 2.60. The highest BCUT2D eigenvalue weighted by atomic mass is 16.2. The van der Waals surface area contributed by atoms with Gasteiger partial charge in [-0.15, -0.1) is 0 Å². The Balaban J connectivity index is 2.63. The van der Waals surface area contributed by atoms with E-state index < -0.39 is 11.3 Å². The van der Waals surface area contributed by atoms with Crippen molar-refractivity contribution in [3.05, 3.63) is 35.4 Å². The van der Waals surface area contributed by atoms with Crippen molar-refractivity contribution in [2.24, 2.45) is 16.9 Å². The Labute approximate surface area is 142 Å². The van der Waals surface area contributed by atoms with Crippen molar-refractivity contribution in [2.75, 3.05) is 13.1 Å². The Morgan fingerprint density at radius 2 is 1.62 bits per heavy atom. The number of amides is 3. The largest absolute Gasteiger partial charge is 0.368 e. The lowest BCUT2D eigenvalue weighted by molar-refractivity contribution is -0.131. The molecule has 3 amide bonds. The van der Waals surface area contributed by atoms with Crippen LogP contribution in [0.15, 0.2) is 24.3 Å². The molecule has 0 aromatic heterocycles. The number of hydrogen-bond donors (Lipinski definition) is 4. The van der Waals surface area contributed by atoms with Gasteiger partial charge in [-0.05, 0) is 30.5 Å². The van der Waals surface area contributed by atoms with Crippen molar-refractivity contribution < 1.29 is 14.4 Å². The summed E-state index contributed by atoms with van der Waals surface area (Å²) in [6.07, 6.45) is 1.37. The second-order valence-corrected chi connectivity index (χ2v) is 5.72. The summed E-state index contributed by atoms with van der Waals surface area (Å²) in [5, 5.41) is 5.31. The van der Waals surface area contributed by atoms with Gasteiger partial charge in [-0.3, -0.25) is 14.4 Å². The fraction of sp³-hybridized carbons (Fsp3) is 0.471. The molecule has 7 nitrogen and oxygen atoms in total. The standard InChI is InChI=1S/C17H26N4O3/c1-3-17(4-2,11-18)16(24)21-9-12-5-7-13(8-6-12)15(23)20-10-14(19)22/h5-8H,3-4,9-11,18H2,1-2H3,(H2,19,22)(H,20,23)(H,21,24). The fourth-order valence-electron chi connectivity index (χ4n) is 2.37. The minimum Gasteiger partial charge on any atom is -0.368 e. The molecular weight excluding hydrogens is 308 g/mol. The van der Waals surface area contributed by atoms with E-state index in [9.17, 15) is 14.4 Å². The average molecular weight is 334 g/mol. The maximum absolute atomic E-state index is 12.4. The second-order valence-electron chi connectivity index (χ2n) is 5.72. The van der Waals surface area contributed by atoms with Crippen molar-refractivity contribution in [2.45, 2.75) is 33.2 Å². The molecule has 0 heterocycles. The van der Waals surface area contributed by atoms with Gasteiger partial charge in [0.05, 0.1) is 12.0 Å². The molecule has 0 saturated heterocycles. The summed E-state index contributed by atoms with van der Waals surface area (Å²) < 4.78 is 0. The highest BCUT2D eigenvalue weighted by Gasteiger charge is 2.32. The summed E-state index contributed by atoms with van der Waals surface area (Å²) in [6, 6.07) is 6.77. The molecule has 0 saturated carbocycles. The topological polar surface area (TPSA) is 127 Å². The van der Waals surface area contributed by atoms with Gasteiger partial charge in [-0.25, -0.2) is 0 Å². The van der Waals surface area contributed by atoms with Gasteiger partial charge in [-0.2, -0.15) is 0 Å². The number of benzene rings is 1.